The number of carbonyl (C=O) groups is 1. The third kappa shape index (κ3) is 5.93. The van der Waals surface area contributed by atoms with Crippen LogP contribution in [0.25, 0.3) is 6.08 Å². The summed E-state index contributed by atoms with van der Waals surface area (Å²) >= 11 is 1.27. The highest BCUT2D eigenvalue weighted by Crippen LogP contribution is 2.36. The van der Waals surface area contributed by atoms with Gasteiger partial charge in [-0.3, -0.25) is 9.36 Å². The Kier molecular flexibility index (Phi) is 8.91. The van der Waals surface area contributed by atoms with Crippen LogP contribution in [0.2, 0.25) is 0 Å². The first-order valence-corrected chi connectivity index (χ1v) is 13.9. The van der Waals surface area contributed by atoms with Crippen molar-refractivity contribution in [2.24, 2.45) is 4.99 Å². The van der Waals surface area contributed by atoms with E-state index in [2.05, 4.69) is 4.99 Å². The maximum atomic E-state index is 13.9. The van der Waals surface area contributed by atoms with Gasteiger partial charge in [-0.1, -0.05) is 42.5 Å². The predicted octanol–water partition coefficient (Wildman–Crippen LogP) is 4.38. The van der Waals surface area contributed by atoms with Gasteiger partial charge in [-0.15, -0.1) is 0 Å². The average Bonchev–Trinajstić information content (AvgIpc) is 3.21. The van der Waals surface area contributed by atoms with E-state index in [-0.39, 0.29) is 18.3 Å². The normalized spacial score (nSPS) is 15.2. The van der Waals surface area contributed by atoms with E-state index in [4.69, 9.17) is 18.9 Å². The van der Waals surface area contributed by atoms with Crippen LogP contribution >= 0.6 is 11.3 Å². The Morgan fingerprint density at radius 1 is 1.13 bits per heavy atom. The van der Waals surface area contributed by atoms with Gasteiger partial charge in [0, 0.05) is 5.56 Å². The van der Waals surface area contributed by atoms with Crippen LogP contribution in [0, 0.1) is 0 Å². The third-order valence-electron chi connectivity index (χ3n) is 6.04. The van der Waals surface area contributed by atoms with E-state index in [9.17, 15) is 9.59 Å². The van der Waals surface area contributed by atoms with Crippen molar-refractivity contribution in [3.05, 3.63) is 84.5 Å². The lowest BCUT2D eigenvalue weighted by molar-refractivity contribution is -0.139. The Balaban J connectivity index is 1.91. The number of thiazole rings is 1. The van der Waals surface area contributed by atoms with Gasteiger partial charge in [0.2, 0.25) is 0 Å². The number of rotatable bonds is 10. The van der Waals surface area contributed by atoms with Gasteiger partial charge >= 0.3 is 5.97 Å². The van der Waals surface area contributed by atoms with Crippen LogP contribution in [0.1, 0.15) is 58.2 Å². The number of benzene rings is 2. The molecule has 206 valence electrons. The molecule has 1 aromatic heterocycles. The summed E-state index contributed by atoms with van der Waals surface area (Å²) in [6, 6.07) is 12.2. The van der Waals surface area contributed by atoms with Crippen LogP contribution in [0.4, 0.5) is 0 Å². The molecule has 8 nitrogen and oxygen atoms in total. The number of para-hydroxylation sites is 1. The number of carbonyl (C=O) groups excluding carboxylic acids is 1. The summed E-state index contributed by atoms with van der Waals surface area (Å²) in [6.07, 6.45) is 2.58. The molecule has 0 saturated carbocycles. The molecular weight excluding hydrogens is 516 g/mol. The molecule has 0 radical (unpaired) electrons. The second kappa shape index (κ2) is 12.3. The zero-order valence-electron chi connectivity index (χ0n) is 23.1. The highest BCUT2D eigenvalue weighted by atomic mass is 32.1. The number of ether oxygens (including phenoxy) is 4. The van der Waals surface area contributed by atoms with Gasteiger partial charge in [-0.2, -0.15) is 0 Å². The first-order chi connectivity index (χ1) is 18.8. The zero-order valence-corrected chi connectivity index (χ0v) is 24.0. The van der Waals surface area contributed by atoms with E-state index < -0.39 is 12.0 Å². The average molecular weight is 551 g/mol. The molecule has 1 aliphatic heterocycles. The summed E-state index contributed by atoms with van der Waals surface area (Å²) in [7, 11) is 1.59. The van der Waals surface area contributed by atoms with Crippen molar-refractivity contribution in [3.8, 4) is 17.2 Å². The van der Waals surface area contributed by atoms with Gasteiger partial charge in [-0.25, -0.2) is 9.79 Å². The van der Waals surface area contributed by atoms with Gasteiger partial charge in [0.1, 0.15) is 11.8 Å². The number of allylic oxidation sites excluding steroid dienone is 1. The Morgan fingerprint density at radius 3 is 2.59 bits per heavy atom. The molecular formula is C30H34N2O6S. The van der Waals surface area contributed by atoms with Gasteiger partial charge in [-0.05, 0) is 64.0 Å². The molecule has 2 aromatic carbocycles. The number of aromatic nitrogens is 1. The van der Waals surface area contributed by atoms with Gasteiger partial charge in [0.15, 0.2) is 16.3 Å². The molecule has 0 fully saturated rings. The first kappa shape index (κ1) is 28.2. The quantitative estimate of drug-likeness (QED) is 0.348. The Bertz CT molecular complexity index is 1570. The fourth-order valence-corrected chi connectivity index (χ4v) is 5.46. The van der Waals surface area contributed by atoms with Crippen LogP contribution in [0.5, 0.6) is 17.2 Å². The molecule has 0 saturated heterocycles. The van der Waals surface area contributed by atoms with Crippen molar-refractivity contribution in [1.82, 2.24) is 4.57 Å². The summed E-state index contributed by atoms with van der Waals surface area (Å²) in [4.78, 5) is 32.3. The minimum atomic E-state index is -0.753. The molecule has 9 heteroatoms. The number of hydrogen-bond donors (Lipinski definition) is 0. The number of hydrogen-bond acceptors (Lipinski definition) is 8. The smallest absolute Gasteiger partial charge is 0.338 e. The highest BCUT2D eigenvalue weighted by Gasteiger charge is 2.35. The topological polar surface area (TPSA) is 88.4 Å². The number of nitrogens with zero attached hydrogens (tertiary/aromatic N) is 2. The van der Waals surface area contributed by atoms with Gasteiger partial charge < -0.3 is 18.9 Å². The maximum absolute atomic E-state index is 13.9. The molecule has 4 rings (SSSR count). The van der Waals surface area contributed by atoms with Crippen molar-refractivity contribution in [2.45, 2.75) is 53.2 Å². The molecule has 3 aromatic rings. The summed E-state index contributed by atoms with van der Waals surface area (Å²) < 4.78 is 24.8. The summed E-state index contributed by atoms with van der Waals surface area (Å²) in [5.41, 5.74) is 2.03. The largest absolute Gasteiger partial charge is 0.493 e. The molecule has 0 N–H and O–H groups in total. The Hall–Kier alpha value is -3.85. The molecule has 0 aliphatic carbocycles. The highest BCUT2D eigenvalue weighted by molar-refractivity contribution is 7.07. The monoisotopic (exact) mass is 550 g/mol. The second-order valence-electron chi connectivity index (χ2n) is 9.27. The first-order valence-electron chi connectivity index (χ1n) is 13.0. The van der Waals surface area contributed by atoms with Crippen molar-refractivity contribution in [2.75, 3.05) is 20.3 Å². The minimum Gasteiger partial charge on any atom is -0.493 e. The predicted molar refractivity (Wildman–Crippen MR) is 151 cm³/mol. The molecule has 0 unspecified atom stereocenters. The second-order valence-corrected chi connectivity index (χ2v) is 10.3. The van der Waals surface area contributed by atoms with Crippen molar-refractivity contribution >= 4 is 23.4 Å². The SMILES string of the molecule is CCCOc1ccc(/C=c2\sc3n(c2=O)[C@@H](c2ccccc2OC(C)C)C(C(=O)OCC)=C(C)N=3)cc1OC. The van der Waals surface area contributed by atoms with E-state index in [1.165, 1.54) is 11.3 Å². The molecule has 0 spiro atoms. The van der Waals surface area contributed by atoms with E-state index in [0.717, 1.165) is 12.0 Å². The van der Waals surface area contributed by atoms with E-state index >= 15 is 0 Å². The fraction of sp³-hybridized carbons (Fsp3) is 0.367. The third-order valence-corrected chi connectivity index (χ3v) is 7.02. The minimum absolute atomic E-state index is 0.0997. The zero-order chi connectivity index (χ0) is 28.1. The molecule has 0 bridgehead atoms. The fourth-order valence-electron chi connectivity index (χ4n) is 4.41. The summed E-state index contributed by atoms with van der Waals surface area (Å²) in [5, 5.41) is 0. The van der Waals surface area contributed by atoms with E-state index in [1.54, 1.807) is 31.6 Å². The lowest BCUT2D eigenvalue weighted by Gasteiger charge is -2.26. The molecule has 2 heterocycles. The number of methoxy groups -OCH3 is 1. The summed E-state index contributed by atoms with van der Waals surface area (Å²) in [6.45, 7) is 10.2. The Labute approximate surface area is 231 Å². The summed E-state index contributed by atoms with van der Waals surface area (Å²) in [5.74, 6) is 1.32. The van der Waals surface area contributed by atoms with Gasteiger partial charge in [0.25, 0.3) is 5.56 Å². The lowest BCUT2D eigenvalue weighted by Crippen LogP contribution is -2.40. The molecule has 39 heavy (non-hydrogen) atoms. The van der Waals surface area contributed by atoms with Crippen LogP contribution < -0.4 is 29.1 Å². The van der Waals surface area contributed by atoms with Crippen LogP contribution in [-0.2, 0) is 9.53 Å². The molecule has 1 atom stereocenters. The maximum Gasteiger partial charge on any atom is 0.338 e. The number of fused-ring (bicyclic) bond motifs is 1. The lowest BCUT2D eigenvalue weighted by atomic mass is 9.95. The van der Waals surface area contributed by atoms with Crippen LogP contribution in [0.15, 0.2) is 63.5 Å². The van der Waals surface area contributed by atoms with Gasteiger partial charge in [0.05, 0.1) is 42.2 Å². The standard InChI is InChI=1S/C30H34N2O6S/c1-7-15-37-23-14-13-20(16-24(23)35-6)17-25-28(33)32-27(21-11-9-10-12-22(21)38-18(3)4)26(29(34)36-8-2)19(5)31-30(32)39-25/h9-14,16-18,27H,7-8,15H2,1-6H3/b25-17-/t27-/m0/s1. The van der Waals surface area contributed by atoms with E-state index in [1.807, 2.05) is 63.2 Å². The van der Waals surface area contributed by atoms with E-state index in [0.29, 0.717) is 50.0 Å². The van der Waals surface area contributed by atoms with Crippen molar-refractivity contribution in [1.29, 1.82) is 0 Å². The molecule has 0 amide bonds. The van der Waals surface area contributed by atoms with Crippen LogP contribution in [-0.4, -0.2) is 37.0 Å². The Morgan fingerprint density at radius 2 is 1.90 bits per heavy atom. The van der Waals surface area contributed by atoms with Crippen molar-refractivity contribution < 1.29 is 23.7 Å². The van der Waals surface area contributed by atoms with Crippen LogP contribution in [0.3, 0.4) is 0 Å². The number of esters is 1. The van der Waals surface area contributed by atoms with Crippen molar-refractivity contribution in [3.63, 3.8) is 0 Å². The molecule has 1 aliphatic rings.